The fourth-order valence-corrected chi connectivity index (χ4v) is 1.16. The molecule has 2 heteroatoms. The first-order chi connectivity index (χ1) is 6.29. The van der Waals surface area contributed by atoms with Crippen molar-refractivity contribution in [3.63, 3.8) is 0 Å². The maximum absolute atomic E-state index is 9.68. The molecular formula is C11H14O2. The van der Waals surface area contributed by atoms with Crippen LogP contribution in [0, 0.1) is 0 Å². The summed E-state index contributed by atoms with van der Waals surface area (Å²) in [6.07, 6.45) is 2.41. The predicted molar refractivity (Wildman–Crippen MR) is 53.2 cm³/mol. The zero-order valence-corrected chi connectivity index (χ0v) is 7.79. The summed E-state index contributed by atoms with van der Waals surface area (Å²) >= 11 is 0. The van der Waals surface area contributed by atoms with Crippen LogP contribution in [-0.2, 0) is 6.42 Å². The van der Waals surface area contributed by atoms with Crippen molar-refractivity contribution in [3.8, 4) is 11.5 Å². The Bertz CT molecular complexity index is 292. The van der Waals surface area contributed by atoms with Crippen molar-refractivity contribution < 1.29 is 9.84 Å². The van der Waals surface area contributed by atoms with Crippen molar-refractivity contribution in [2.45, 2.75) is 13.3 Å². The summed E-state index contributed by atoms with van der Waals surface area (Å²) in [6, 6.07) is 5.48. The maximum Gasteiger partial charge on any atom is 0.161 e. The molecular weight excluding hydrogens is 164 g/mol. The second-order valence-corrected chi connectivity index (χ2v) is 2.69. The summed E-state index contributed by atoms with van der Waals surface area (Å²) in [5.74, 6) is 0.770. The molecule has 1 aromatic rings. The molecule has 0 spiro atoms. The van der Waals surface area contributed by atoms with E-state index in [0.717, 1.165) is 5.56 Å². The van der Waals surface area contributed by atoms with Gasteiger partial charge < -0.3 is 9.84 Å². The van der Waals surface area contributed by atoms with Gasteiger partial charge in [-0.15, -0.1) is 6.58 Å². The summed E-state index contributed by atoms with van der Waals surface area (Å²) in [5.41, 5.74) is 0.848. The van der Waals surface area contributed by atoms with E-state index in [1.807, 2.05) is 19.1 Å². The Hall–Kier alpha value is -1.44. The van der Waals surface area contributed by atoms with Gasteiger partial charge in [0.1, 0.15) is 0 Å². The molecule has 1 aromatic carbocycles. The SMILES string of the molecule is C=CCc1cccc(OCC)c1O. The zero-order valence-electron chi connectivity index (χ0n) is 7.79. The van der Waals surface area contributed by atoms with Gasteiger partial charge in [0.15, 0.2) is 11.5 Å². The lowest BCUT2D eigenvalue weighted by Crippen LogP contribution is -1.93. The third-order valence-electron chi connectivity index (χ3n) is 1.75. The number of phenols is 1. The largest absolute Gasteiger partial charge is 0.504 e. The quantitative estimate of drug-likeness (QED) is 0.718. The minimum absolute atomic E-state index is 0.226. The second kappa shape index (κ2) is 4.55. The zero-order chi connectivity index (χ0) is 9.68. The monoisotopic (exact) mass is 178 g/mol. The Morgan fingerprint density at radius 2 is 2.31 bits per heavy atom. The fourth-order valence-electron chi connectivity index (χ4n) is 1.16. The van der Waals surface area contributed by atoms with E-state index >= 15 is 0 Å². The summed E-state index contributed by atoms with van der Waals surface area (Å²) in [5, 5.41) is 9.68. The van der Waals surface area contributed by atoms with Gasteiger partial charge >= 0.3 is 0 Å². The maximum atomic E-state index is 9.68. The summed E-state index contributed by atoms with van der Waals surface area (Å²) in [7, 11) is 0. The second-order valence-electron chi connectivity index (χ2n) is 2.69. The molecule has 0 atom stereocenters. The van der Waals surface area contributed by atoms with Gasteiger partial charge in [0.05, 0.1) is 6.61 Å². The number of hydrogen-bond acceptors (Lipinski definition) is 2. The Morgan fingerprint density at radius 1 is 1.54 bits per heavy atom. The highest BCUT2D eigenvalue weighted by Crippen LogP contribution is 2.29. The van der Waals surface area contributed by atoms with Crippen LogP contribution in [0.1, 0.15) is 12.5 Å². The van der Waals surface area contributed by atoms with E-state index in [1.54, 1.807) is 12.1 Å². The van der Waals surface area contributed by atoms with E-state index in [0.29, 0.717) is 18.8 Å². The fraction of sp³-hybridized carbons (Fsp3) is 0.273. The average molecular weight is 178 g/mol. The van der Waals surface area contributed by atoms with Crippen LogP contribution in [0.2, 0.25) is 0 Å². The lowest BCUT2D eigenvalue weighted by molar-refractivity contribution is 0.317. The van der Waals surface area contributed by atoms with Crippen LogP contribution in [0.25, 0.3) is 0 Å². The predicted octanol–water partition coefficient (Wildman–Crippen LogP) is 2.52. The van der Waals surface area contributed by atoms with Crippen LogP contribution < -0.4 is 4.74 Å². The molecule has 2 nitrogen and oxygen atoms in total. The first-order valence-electron chi connectivity index (χ1n) is 4.34. The molecule has 0 saturated carbocycles. The van der Waals surface area contributed by atoms with Gasteiger partial charge in [-0.1, -0.05) is 18.2 Å². The standard InChI is InChI=1S/C11H14O2/c1-3-6-9-7-5-8-10(11(9)12)13-4-2/h3,5,7-8,12H,1,4,6H2,2H3. The van der Waals surface area contributed by atoms with Crippen LogP contribution >= 0.6 is 0 Å². The van der Waals surface area contributed by atoms with Crippen LogP contribution in [0.4, 0.5) is 0 Å². The Morgan fingerprint density at radius 3 is 2.92 bits per heavy atom. The summed E-state index contributed by atoms with van der Waals surface area (Å²) < 4.78 is 5.24. The van der Waals surface area contributed by atoms with Crippen molar-refractivity contribution in [1.82, 2.24) is 0 Å². The molecule has 0 bridgehead atoms. The number of rotatable bonds is 4. The minimum Gasteiger partial charge on any atom is -0.504 e. The molecule has 0 unspecified atom stereocenters. The van der Waals surface area contributed by atoms with Gasteiger partial charge in [-0.05, 0) is 19.4 Å². The van der Waals surface area contributed by atoms with Gasteiger partial charge in [0, 0.05) is 5.56 Å². The third-order valence-corrected chi connectivity index (χ3v) is 1.75. The van der Waals surface area contributed by atoms with E-state index in [2.05, 4.69) is 6.58 Å². The number of phenolic OH excluding ortho intramolecular Hbond substituents is 1. The highest BCUT2D eigenvalue weighted by molar-refractivity contribution is 5.46. The van der Waals surface area contributed by atoms with Crippen LogP contribution in [0.15, 0.2) is 30.9 Å². The van der Waals surface area contributed by atoms with E-state index < -0.39 is 0 Å². The highest BCUT2D eigenvalue weighted by Gasteiger charge is 2.05. The van der Waals surface area contributed by atoms with Gasteiger partial charge in [-0.2, -0.15) is 0 Å². The molecule has 0 fully saturated rings. The lowest BCUT2D eigenvalue weighted by Gasteiger charge is -2.08. The van der Waals surface area contributed by atoms with E-state index in [9.17, 15) is 5.11 Å². The number of allylic oxidation sites excluding steroid dienone is 1. The van der Waals surface area contributed by atoms with Gasteiger partial charge in [-0.25, -0.2) is 0 Å². The van der Waals surface area contributed by atoms with Crippen LogP contribution in [0.3, 0.4) is 0 Å². The van der Waals surface area contributed by atoms with Crippen LogP contribution in [0.5, 0.6) is 11.5 Å². The highest BCUT2D eigenvalue weighted by atomic mass is 16.5. The number of para-hydroxylation sites is 1. The average Bonchev–Trinajstić information content (AvgIpc) is 2.13. The smallest absolute Gasteiger partial charge is 0.161 e. The normalized spacial score (nSPS) is 9.62. The molecule has 0 aliphatic carbocycles. The topological polar surface area (TPSA) is 29.5 Å². The Balaban J connectivity index is 2.95. The summed E-state index contributed by atoms with van der Waals surface area (Å²) in [4.78, 5) is 0. The molecule has 70 valence electrons. The molecule has 0 heterocycles. The van der Waals surface area contributed by atoms with Gasteiger partial charge in [0.25, 0.3) is 0 Å². The number of benzene rings is 1. The molecule has 1 rings (SSSR count). The lowest BCUT2D eigenvalue weighted by atomic mass is 10.1. The number of hydrogen-bond donors (Lipinski definition) is 1. The van der Waals surface area contributed by atoms with Crippen molar-refractivity contribution in [2.75, 3.05) is 6.61 Å². The summed E-state index contributed by atoms with van der Waals surface area (Å²) in [6.45, 7) is 6.07. The van der Waals surface area contributed by atoms with E-state index in [4.69, 9.17) is 4.74 Å². The molecule has 0 aliphatic heterocycles. The third kappa shape index (κ3) is 2.25. The molecule has 1 N–H and O–H groups in total. The van der Waals surface area contributed by atoms with Crippen molar-refractivity contribution in [2.24, 2.45) is 0 Å². The molecule has 0 amide bonds. The number of aromatic hydroxyl groups is 1. The molecule has 0 aromatic heterocycles. The molecule has 0 radical (unpaired) electrons. The Labute approximate surface area is 78.5 Å². The minimum atomic E-state index is 0.226. The van der Waals surface area contributed by atoms with Crippen LogP contribution in [-0.4, -0.2) is 11.7 Å². The molecule has 13 heavy (non-hydrogen) atoms. The van der Waals surface area contributed by atoms with E-state index in [1.165, 1.54) is 0 Å². The first-order valence-corrected chi connectivity index (χ1v) is 4.34. The van der Waals surface area contributed by atoms with Gasteiger partial charge in [-0.3, -0.25) is 0 Å². The molecule has 0 saturated heterocycles. The molecule has 0 aliphatic rings. The van der Waals surface area contributed by atoms with Crippen molar-refractivity contribution in [3.05, 3.63) is 36.4 Å². The Kier molecular flexibility index (Phi) is 3.38. The van der Waals surface area contributed by atoms with Crippen molar-refractivity contribution >= 4 is 0 Å². The van der Waals surface area contributed by atoms with E-state index in [-0.39, 0.29) is 5.75 Å². The van der Waals surface area contributed by atoms with Gasteiger partial charge in [0.2, 0.25) is 0 Å². The first kappa shape index (κ1) is 9.65. The number of ether oxygens (including phenoxy) is 1. The van der Waals surface area contributed by atoms with Crippen molar-refractivity contribution in [1.29, 1.82) is 0 Å².